The van der Waals surface area contributed by atoms with Gasteiger partial charge in [0.1, 0.15) is 0 Å². The van der Waals surface area contributed by atoms with Gasteiger partial charge in [-0.1, -0.05) is 0 Å². The third kappa shape index (κ3) is 6.01. The van der Waals surface area contributed by atoms with Crippen molar-refractivity contribution in [3.63, 3.8) is 0 Å². The van der Waals surface area contributed by atoms with Crippen LogP contribution in [-0.2, 0) is 42.1 Å². The molecule has 0 nitrogen and oxygen atoms in total. The van der Waals surface area contributed by atoms with Crippen LogP contribution in [0.15, 0.2) is 0 Å². The van der Waals surface area contributed by atoms with E-state index in [1.165, 1.54) is 18.6 Å². The van der Waals surface area contributed by atoms with E-state index in [1.807, 2.05) is 11.8 Å². The predicted octanol–water partition coefficient (Wildman–Crippen LogP) is 3.25. The van der Waals surface area contributed by atoms with Crippen LogP contribution in [0.1, 0.15) is 12.8 Å². The molecule has 5 heteroatoms. The second kappa shape index (κ2) is 9.96. The number of hydrogen-bond donors (Lipinski definition) is 0. The monoisotopic (exact) mass is 560 g/mol. The molecule has 1 rings (SSSR count). The Morgan fingerprint density at radius 2 is 1.75 bits per heavy atom. The molecule has 1 fully saturated rings. The maximum atomic E-state index is 3.84. The van der Waals surface area contributed by atoms with E-state index in [1.54, 1.807) is 23.5 Å². The maximum Gasteiger partial charge on any atom is 0.0206 e. The van der Waals surface area contributed by atoms with Gasteiger partial charge in [0, 0.05) is 52.5 Å². The largest absolute Gasteiger partial charge is 0.350 e. The van der Waals surface area contributed by atoms with Crippen LogP contribution in [0.2, 0.25) is 0 Å². The Hall–Kier alpha value is 2.43. The zero-order chi connectivity index (χ0) is 7.40. The fourth-order valence-electron chi connectivity index (χ4n) is 0.966. The molecule has 12 heavy (non-hydrogen) atoms. The van der Waals surface area contributed by atoms with Gasteiger partial charge in [0.2, 0.25) is 0 Å². The van der Waals surface area contributed by atoms with Gasteiger partial charge in [-0.2, -0.15) is 0 Å². The minimum atomic E-state index is 0. The van der Waals surface area contributed by atoms with Gasteiger partial charge in [0.15, 0.2) is 0 Å². The van der Waals surface area contributed by atoms with Crippen LogP contribution in [-0.4, -0.2) is 15.6 Å². The van der Waals surface area contributed by atoms with Crippen molar-refractivity contribution in [2.75, 3.05) is 5.75 Å². The first-order valence-electron chi connectivity index (χ1n) is 3.30. The summed E-state index contributed by atoms with van der Waals surface area (Å²) in [4.78, 5) is 0. The van der Waals surface area contributed by atoms with Crippen LogP contribution in [0.5, 0.6) is 0 Å². The molecule has 0 amide bonds. The van der Waals surface area contributed by atoms with Gasteiger partial charge < -0.3 is 23.5 Å². The fourth-order valence-corrected chi connectivity index (χ4v) is 3.71. The summed E-state index contributed by atoms with van der Waals surface area (Å²) in [5, 5.41) is 0.799. The molecule has 0 saturated carbocycles. The number of thioether (sulfide) groups is 3. The van der Waals surface area contributed by atoms with E-state index in [0.717, 1.165) is 9.83 Å². The van der Waals surface area contributed by atoms with Gasteiger partial charge in [0.05, 0.1) is 0 Å². The summed E-state index contributed by atoms with van der Waals surface area (Å²) in [6.45, 7) is 0. The molecule has 0 aliphatic carbocycles. The second-order valence-electron chi connectivity index (χ2n) is 2.30. The molecule has 2 unspecified atom stereocenters. The van der Waals surface area contributed by atoms with Gasteiger partial charge in [-0.25, -0.2) is 0 Å². The maximum absolute atomic E-state index is 3.84. The Balaban J connectivity index is 0. The van der Waals surface area contributed by atoms with Gasteiger partial charge in [-0.3, -0.25) is 12.5 Å². The van der Waals surface area contributed by atoms with Crippen molar-refractivity contribution >= 4 is 35.3 Å². The summed E-state index contributed by atoms with van der Waals surface area (Å²) >= 11 is 5.53. The van der Waals surface area contributed by atoms with Crippen molar-refractivity contribution < 1.29 is 42.1 Å². The first-order valence-corrected chi connectivity index (χ1v) is 6.44. The zero-order valence-electron chi connectivity index (χ0n) is 6.73. The van der Waals surface area contributed by atoms with E-state index < -0.39 is 0 Å². The van der Waals surface area contributed by atoms with Crippen molar-refractivity contribution in [3.05, 3.63) is 12.5 Å². The number of rotatable bonds is 2. The van der Waals surface area contributed by atoms with Crippen LogP contribution in [0.3, 0.4) is 0 Å². The Morgan fingerprint density at radius 3 is 2.08 bits per heavy atom. The molecular weight excluding hydrogens is 548 g/mol. The molecule has 0 radical (unpaired) electrons. The summed E-state index contributed by atoms with van der Waals surface area (Å²) in [5.74, 6) is 1.27. The Labute approximate surface area is 117 Å². The van der Waals surface area contributed by atoms with E-state index in [2.05, 4.69) is 12.5 Å². The van der Waals surface area contributed by atoms with Gasteiger partial charge in [-0.15, -0.1) is 11.8 Å². The van der Waals surface area contributed by atoms with Gasteiger partial charge in [0.25, 0.3) is 0 Å². The predicted molar refractivity (Wildman–Crippen MR) is 55.2 cm³/mol. The van der Waals surface area contributed by atoms with Gasteiger partial charge >= 0.3 is 0 Å². The van der Waals surface area contributed by atoms with Crippen LogP contribution in [0.25, 0.3) is 0 Å². The Kier molecular flexibility index (Phi) is 14.0. The smallest absolute Gasteiger partial charge is 0.0206 e. The minimum absolute atomic E-state index is 0. The summed E-state index contributed by atoms with van der Waals surface area (Å²) < 4.78 is 0.753. The van der Waals surface area contributed by atoms with Gasteiger partial charge in [-0.05, 0) is 18.1 Å². The molecule has 0 aromatic rings. The molecule has 1 aliphatic heterocycles. The van der Waals surface area contributed by atoms with E-state index in [9.17, 15) is 0 Å². The summed E-state index contributed by atoms with van der Waals surface area (Å²) in [6.07, 6.45) is 10.3. The first kappa shape index (κ1) is 16.8. The van der Waals surface area contributed by atoms with E-state index in [4.69, 9.17) is 0 Å². The van der Waals surface area contributed by atoms with Crippen molar-refractivity contribution in [1.82, 2.24) is 0 Å². The van der Waals surface area contributed by atoms with Crippen LogP contribution in [0.4, 0.5) is 0 Å². The number of hydrogen-bond acceptors (Lipinski definition) is 3. The van der Waals surface area contributed by atoms with Crippen LogP contribution in [0, 0.1) is 12.5 Å². The molecule has 0 N–H and O–H groups in total. The topological polar surface area (TPSA) is 0 Å². The quantitative estimate of drug-likeness (QED) is 0.477. The minimum Gasteiger partial charge on any atom is -0.350 e. The van der Waals surface area contributed by atoms with E-state index >= 15 is 0 Å². The Bertz CT molecular complexity index is 82.7. The van der Waals surface area contributed by atoms with Crippen LogP contribution < -0.4 is 0 Å². The summed E-state index contributed by atoms with van der Waals surface area (Å²) in [6, 6.07) is 0. The zero-order valence-corrected chi connectivity index (χ0v) is 15.0. The molecular formula is C7H12S3W2-2. The van der Waals surface area contributed by atoms with Crippen LogP contribution >= 0.6 is 35.3 Å². The standard InChI is InChI=1S/C7H12S3.2W/c1-8-6-3-4-7(9-2)10-5-6;;/h6-7H,1-5H2;;/q-2;;. The molecule has 1 heterocycles. The summed E-state index contributed by atoms with van der Waals surface area (Å²) in [7, 11) is 0. The molecule has 0 aromatic carbocycles. The van der Waals surface area contributed by atoms with Crippen molar-refractivity contribution in [2.24, 2.45) is 0 Å². The molecule has 0 spiro atoms. The average molecular weight is 560 g/mol. The molecule has 2 atom stereocenters. The first-order chi connectivity index (χ1) is 4.86. The second-order valence-corrected chi connectivity index (χ2v) is 5.73. The molecule has 1 saturated heterocycles. The third-order valence-electron chi connectivity index (χ3n) is 1.61. The molecule has 1 aliphatic rings. The molecule has 0 aromatic heterocycles. The normalized spacial score (nSPS) is 28.5. The van der Waals surface area contributed by atoms with Crippen molar-refractivity contribution in [1.29, 1.82) is 0 Å². The Morgan fingerprint density at radius 1 is 1.08 bits per heavy atom. The van der Waals surface area contributed by atoms with E-state index in [0.29, 0.717) is 0 Å². The third-order valence-corrected chi connectivity index (χ3v) is 5.33. The van der Waals surface area contributed by atoms with Crippen molar-refractivity contribution in [3.8, 4) is 0 Å². The molecule has 72 valence electrons. The fraction of sp³-hybridized carbons (Fsp3) is 0.714. The van der Waals surface area contributed by atoms with E-state index in [-0.39, 0.29) is 42.1 Å². The average Bonchev–Trinajstić information content (AvgIpc) is 2.05. The summed E-state index contributed by atoms with van der Waals surface area (Å²) in [5.41, 5.74) is 0. The van der Waals surface area contributed by atoms with Crippen molar-refractivity contribution in [2.45, 2.75) is 22.7 Å². The SMILES string of the molecule is [CH2-]SC1CCC(S[CH2-])SC1.[W].[W]. The molecule has 0 bridgehead atoms.